The predicted molar refractivity (Wildman–Crippen MR) is 97.2 cm³/mol. The summed E-state index contributed by atoms with van der Waals surface area (Å²) < 4.78 is 33.4. The highest BCUT2D eigenvalue weighted by atomic mass is 32.2. The van der Waals surface area contributed by atoms with Gasteiger partial charge in [-0.25, -0.2) is 13.1 Å². The smallest absolute Gasteiger partial charge is 0.241 e. The quantitative estimate of drug-likeness (QED) is 0.793. The number of hydrogen-bond acceptors (Lipinski definition) is 4. The molecular formula is C18H22N2O4S. The third-order valence-electron chi connectivity index (χ3n) is 3.44. The Morgan fingerprint density at radius 2 is 1.84 bits per heavy atom. The van der Waals surface area contributed by atoms with Gasteiger partial charge in [0.15, 0.2) is 0 Å². The third kappa shape index (κ3) is 5.58. The first kappa shape index (κ1) is 19.0. The minimum Gasteiger partial charge on any atom is -0.489 e. The molecule has 0 aromatic heterocycles. The monoisotopic (exact) mass is 362 g/mol. The van der Waals surface area contributed by atoms with Crippen LogP contribution >= 0.6 is 0 Å². The van der Waals surface area contributed by atoms with Gasteiger partial charge in [-0.15, -0.1) is 0 Å². The van der Waals surface area contributed by atoms with Crippen LogP contribution in [0.2, 0.25) is 0 Å². The molecule has 0 saturated heterocycles. The van der Waals surface area contributed by atoms with E-state index in [1.165, 1.54) is 13.0 Å². The van der Waals surface area contributed by atoms with E-state index in [0.717, 1.165) is 0 Å². The molecule has 0 heterocycles. The van der Waals surface area contributed by atoms with Gasteiger partial charge in [-0.2, -0.15) is 0 Å². The molecule has 0 aliphatic heterocycles. The summed E-state index contributed by atoms with van der Waals surface area (Å²) in [7, 11) is -3.72. The van der Waals surface area contributed by atoms with Gasteiger partial charge in [-0.1, -0.05) is 24.3 Å². The number of benzene rings is 2. The van der Waals surface area contributed by atoms with Crippen LogP contribution in [0.5, 0.6) is 5.75 Å². The van der Waals surface area contributed by atoms with Crippen molar-refractivity contribution in [1.82, 2.24) is 4.72 Å². The SMILES string of the molecule is CC(=O)Nc1ccc(C)c(S(=O)(=O)NCC(C)Oc2ccccc2)c1. The third-order valence-corrected chi connectivity index (χ3v) is 5.00. The largest absolute Gasteiger partial charge is 0.489 e. The lowest BCUT2D eigenvalue weighted by atomic mass is 10.2. The highest BCUT2D eigenvalue weighted by molar-refractivity contribution is 7.89. The van der Waals surface area contributed by atoms with Gasteiger partial charge >= 0.3 is 0 Å². The van der Waals surface area contributed by atoms with Gasteiger partial charge < -0.3 is 10.1 Å². The molecule has 1 amide bonds. The predicted octanol–water partition coefficient (Wildman–Crippen LogP) is 2.70. The van der Waals surface area contributed by atoms with Crippen molar-refractivity contribution in [3.8, 4) is 5.75 Å². The summed E-state index contributed by atoms with van der Waals surface area (Å²) in [6.45, 7) is 4.99. The number of anilines is 1. The first-order chi connectivity index (χ1) is 11.8. The minimum atomic E-state index is -3.72. The summed E-state index contributed by atoms with van der Waals surface area (Å²) in [5.41, 5.74) is 1.03. The maximum absolute atomic E-state index is 12.6. The van der Waals surface area contributed by atoms with E-state index in [0.29, 0.717) is 17.0 Å². The number of sulfonamides is 1. The Morgan fingerprint density at radius 3 is 2.48 bits per heavy atom. The van der Waals surface area contributed by atoms with E-state index in [1.54, 1.807) is 26.0 Å². The van der Waals surface area contributed by atoms with Crippen molar-refractivity contribution in [1.29, 1.82) is 0 Å². The van der Waals surface area contributed by atoms with Crippen LogP contribution in [0.4, 0.5) is 5.69 Å². The Morgan fingerprint density at radius 1 is 1.16 bits per heavy atom. The summed E-state index contributed by atoms with van der Waals surface area (Å²) in [5.74, 6) is 0.420. The van der Waals surface area contributed by atoms with E-state index in [2.05, 4.69) is 10.0 Å². The number of nitrogens with one attached hydrogen (secondary N) is 2. The number of rotatable bonds is 7. The van der Waals surface area contributed by atoms with E-state index >= 15 is 0 Å². The Labute approximate surface area is 148 Å². The van der Waals surface area contributed by atoms with Gasteiger partial charge in [0.05, 0.1) is 4.90 Å². The molecule has 0 bridgehead atoms. The van der Waals surface area contributed by atoms with Crippen molar-refractivity contribution in [3.05, 3.63) is 54.1 Å². The van der Waals surface area contributed by atoms with E-state index in [1.807, 2.05) is 30.3 Å². The molecule has 0 saturated carbocycles. The maximum atomic E-state index is 12.6. The molecule has 0 radical (unpaired) electrons. The molecule has 0 aliphatic rings. The summed E-state index contributed by atoms with van der Waals surface area (Å²) in [4.78, 5) is 11.3. The number of carbonyl (C=O) groups excluding carboxylic acids is 1. The minimum absolute atomic E-state index is 0.126. The lowest BCUT2D eigenvalue weighted by Gasteiger charge is -2.16. The van der Waals surface area contributed by atoms with Crippen molar-refractivity contribution in [3.63, 3.8) is 0 Å². The molecule has 0 aliphatic carbocycles. The van der Waals surface area contributed by atoms with Crippen molar-refractivity contribution in [2.75, 3.05) is 11.9 Å². The first-order valence-corrected chi connectivity index (χ1v) is 9.36. The Bertz CT molecular complexity index is 835. The second-order valence-electron chi connectivity index (χ2n) is 5.75. The number of hydrogen-bond donors (Lipinski definition) is 2. The molecule has 0 spiro atoms. The molecule has 6 nitrogen and oxygen atoms in total. The van der Waals surface area contributed by atoms with Crippen LogP contribution in [0.15, 0.2) is 53.4 Å². The Kier molecular flexibility index (Phi) is 6.17. The molecular weight excluding hydrogens is 340 g/mol. The standard InChI is InChI=1S/C18H22N2O4S/c1-13-9-10-16(20-15(3)21)11-18(13)25(22,23)19-12-14(2)24-17-7-5-4-6-8-17/h4-11,14,19H,12H2,1-3H3,(H,20,21). The van der Waals surface area contributed by atoms with Crippen LogP contribution < -0.4 is 14.8 Å². The van der Waals surface area contributed by atoms with Gasteiger partial charge in [0, 0.05) is 19.2 Å². The van der Waals surface area contributed by atoms with Crippen molar-refractivity contribution >= 4 is 21.6 Å². The van der Waals surface area contributed by atoms with E-state index < -0.39 is 10.0 Å². The molecule has 25 heavy (non-hydrogen) atoms. The van der Waals surface area contributed by atoms with Crippen LogP contribution in [0.25, 0.3) is 0 Å². The lowest BCUT2D eigenvalue weighted by Crippen LogP contribution is -2.34. The van der Waals surface area contributed by atoms with Crippen molar-refractivity contribution < 1.29 is 17.9 Å². The van der Waals surface area contributed by atoms with E-state index in [4.69, 9.17) is 4.74 Å². The second kappa shape index (κ2) is 8.13. The number of amides is 1. The number of aryl methyl sites for hydroxylation is 1. The first-order valence-electron chi connectivity index (χ1n) is 7.87. The maximum Gasteiger partial charge on any atom is 0.241 e. The zero-order valence-electron chi connectivity index (χ0n) is 14.4. The average molecular weight is 362 g/mol. The fourth-order valence-electron chi connectivity index (χ4n) is 2.25. The zero-order valence-corrected chi connectivity index (χ0v) is 15.3. The van der Waals surface area contributed by atoms with Crippen LogP contribution in [-0.4, -0.2) is 27.0 Å². The molecule has 7 heteroatoms. The summed E-state index contributed by atoms with van der Waals surface area (Å²) in [5, 5.41) is 2.59. The van der Waals surface area contributed by atoms with Crippen LogP contribution in [0.3, 0.4) is 0 Å². The van der Waals surface area contributed by atoms with Crippen LogP contribution in [-0.2, 0) is 14.8 Å². The molecule has 0 fully saturated rings. The zero-order chi connectivity index (χ0) is 18.4. The highest BCUT2D eigenvalue weighted by Crippen LogP contribution is 2.20. The normalized spacial score (nSPS) is 12.4. The van der Waals surface area contributed by atoms with E-state index in [9.17, 15) is 13.2 Å². The Balaban J connectivity index is 2.07. The van der Waals surface area contributed by atoms with Gasteiger partial charge in [-0.3, -0.25) is 4.79 Å². The van der Waals surface area contributed by atoms with E-state index in [-0.39, 0.29) is 23.5 Å². The fraction of sp³-hybridized carbons (Fsp3) is 0.278. The topological polar surface area (TPSA) is 84.5 Å². The molecule has 2 rings (SSSR count). The molecule has 1 unspecified atom stereocenters. The molecule has 2 N–H and O–H groups in total. The van der Waals surface area contributed by atoms with Crippen LogP contribution in [0, 0.1) is 6.92 Å². The molecule has 1 atom stereocenters. The van der Waals surface area contributed by atoms with Gasteiger partial charge in [0.2, 0.25) is 15.9 Å². The summed E-state index contributed by atoms with van der Waals surface area (Å²) in [6.07, 6.45) is -0.337. The van der Waals surface area contributed by atoms with Gasteiger partial charge in [-0.05, 0) is 43.7 Å². The molecule has 2 aromatic carbocycles. The van der Waals surface area contributed by atoms with Gasteiger partial charge in [0.25, 0.3) is 0 Å². The summed E-state index contributed by atoms with van der Waals surface area (Å²) in [6, 6.07) is 14.0. The average Bonchev–Trinajstić information content (AvgIpc) is 2.55. The van der Waals surface area contributed by atoms with Crippen LogP contribution in [0.1, 0.15) is 19.4 Å². The molecule has 134 valence electrons. The number of carbonyl (C=O) groups is 1. The molecule has 2 aromatic rings. The number of para-hydroxylation sites is 1. The number of ether oxygens (including phenoxy) is 1. The van der Waals surface area contributed by atoms with Crippen molar-refractivity contribution in [2.24, 2.45) is 0 Å². The Hall–Kier alpha value is -2.38. The summed E-state index contributed by atoms with van der Waals surface area (Å²) >= 11 is 0. The highest BCUT2D eigenvalue weighted by Gasteiger charge is 2.19. The van der Waals surface area contributed by atoms with Gasteiger partial charge in [0.1, 0.15) is 11.9 Å². The lowest BCUT2D eigenvalue weighted by molar-refractivity contribution is -0.114. The van der Waals surface area contributed by atoms with Crippen molar-refractivity contribution in [2.45, 2.75) is 31.8 Å². The second-order valence-corrected chi connectivity index (χ2v) is 7.49. The fourth-order valence-corrected chi connectivity index (χ4v) is 3.63.